The second-order valence-corrected chi connectivity index (χ2v) is 4.77. The normalized spacial score (nSPS) is 11.0. The van der Waals surface area contributed by atoms with Crippen LogP contribution in [0.15, 0.2) is 46.0 Å². The van der Waals surface area contributed by atoms with Gasteiger partial charge in [0.1, 0.15) is 11.6 Å². The molecule has 4 nitrogen and oxygen atoms in total. The molecule has 0 saturated carbocycles. The largest absolute Gasteiger partial charge is 0.469 e. The minimum absolute atomic E-state index is 0. The molecule has 1 aromatic carbocycles. The maximum atomic E-state index is 13.5. The van der Waals surface area contributed by atoms with Crippen molar-refractivity contribution in [2.24, 2.45) is 4.99 Å². The molecule has 0 saturated heterocycles. The summed E-state index contributed by atoms with van der Waals surface area (Å²) in [5.74, 6) is 1.43. The minimum Gasteiger partial charge on any atom is -0.469 e. The van der Waals surface area contributed by atoms with Crippen LogP contribution in [-0.2, 0) is 13.0 Å². The summed E-state index contributed by atoms with van der Waals surface area (Å²) in [6.07, 6.45) is 2.45. The lowest BCUT2D eigenvalue weighted by atomic mass is 10.1. The zero-order valence-corrected chi connectivity index (χ0v) is 15.1. The van der Waals surface area contributed by atoms with Gasteiger partial charge in [-0.1, -0.05) is 12.1 Å². The summed E-state index contributed by atoms with van der Waals surface area (Å²) in [6, 6.07) is 9.03. The monoisotopic (exact) mass is 417 g/mol. The number of hydrogen-bond acceptors (Lipinski definition) is 2. The van der Waals surface area contributed by atoms with Gasteiger partial charge in [-0.2, -0.15) is 0 Å². The number of hydrogen-bond donors (Lipinski definition) is 2. The van der Waals surface area contributed by atoms with E-state index < -0.39 is 0 Å². The summed E-state index contributed by atoms with van der Waals surface area (Å²) in [4.78, 5) is 4.13. The number of nitrogens with one attached hydrogen (secondary N) is 2. The van der Waals surface area contributed by atoms with Crippen molar-refractivity contribution < 1.29 is 8.81 Å². The molecular formula is C16H21FIN3O. The zero-order valence-electron chi connectivity index (χ0n) is 12.7. The molecule has 0 unspecified atom stereocenters. The molecule has 120 valence electrons. The quantitative estimate of drug-likeness (QED) is 0.446. The van der Waals surface area contributed by atoms with E-state index in [1.807, 2.05) is 18.2 Å². The van der Waals surface area contributed by atoms with Gasteiger partial charge < -0.3 is 15.1 Å². The lowest BCUT2D eigenvalue weighted by molar-refractivity contribution is 0.507. The van der Waals surface area contributed by atoms with Gasteiger partial charge in [0.25, 0.3) is 0 Å². The van der Waals surface area contributed by atoms with Crippen LogP contribution in [0.2, 0.25) is 0 Å². The van der Waals surface area contributed by atoms with Gasteiger partial charge in [0.15, 0.2) is 5.96 Å². The van der Waals surface area contributed by atoms with E-state index >= 15 is 0 Å². The molecule has 0 radical (unpaired) electrons. The fraction of sp³-hybridized carbons (Fsp3) is 0.312. The molecule has 2 aromatic rings. The first-order valence-electron chi connectivity index (χ1n) is 6.91. The molecule has 2 N–H and O–H groups in total. The van der Waals surface area contributed by atoms with Gasteiger partial charge in [0, 0.05) is 26.6 Å². The van der Waals surface area contributed by atoms with E-state index in [-0.39, 0.29) is 29.8 Å². The highest BCUT2D eigenvalue weighted by Gasteiger charge is 2.02. The summed E-state index contributed by atoms with van der Waals surface area (Å²) >= 11 is 0. The van der Waals surface area contributed by atoms with Crippen LogP contribution in [0, 0.1) is 12.7 Å². The fourth-order valence-electron chi connectivity index (χ4n) is 1.91. The topological polar surface area (TPSA) is 49.6 Å². The van der Waals surface area contributed by atoms with Gasteiger partial charge in [-0.25, -0.2) is 4.39 Å². The molecule has 1 heterocycles. The van der Waals surface area contributed by atoms with Gasteiger partial charge in [-0.3, -0.25) is 4.99 Å². The Hall–Kier alpha value is -1.57. The highest BCUT2D eigenvalue weighted by Crippen LogP contribution is 2.08. The molecule has 0 amide bonds. The fourth-order valence-corrected chi connectivity index (χ4v) is 1.91. The van der Waals surface area contributed by atoms with Gasteiger partial charge in [-0.05, 0) is 36.2 Å². The third-order valence-corrected chi connectivity index (χ3v) is 3.16. The number of nitrogens with zero attached hydrogens (tertiary/aromatic N) is 1. The molecule has 0 aliphatic heterocycles. The van der Waals surface area contributed by atoms with Crippen LogP contribution in [0.25, 0.3) is 0 Å². The number of benzene rings is 1. The molecule has 0 spiro atoms. The van der Waals surface area contributed by atoms with Crippen molar-refractivity contribution in [1.29, 1.82) is 0 Å². The number of aliphatic imine (C=N–C) groups is 1. The highest BCUT2D eigenvalue weighted by molar-refractivity contribution is 14.0. The van der Waals surface area contributed by atoms with Crippen LogP contribution < -0.4 is 10.6 Å². The van der Waals surface area contributed by atoms with Crippen molar-refractivity contribution in [2.45, 2.75) is 19.9 Å². The predicted molar refractivity (Wildman–Crippen MR) is 97.2 cm³/mol. The van der Waals surface area contributed by atoms with Crippen molar-refractivity contribution in [1.82, 2.24) is 10.6 Å². The van der Waals surface area contributed by atoms with Crippen molar-refractivity contribution in [2.75, 3.05) is 13.6 Å². The van der Waals surface area contributed by atoms with Gasteiger partial charge in [0.05, 0.1) is 6.26 Å². The average Bonchev–Trinajstić information content (AvgIpc) is 2.99. The molecule has 0 atom stereocenters. The molecule has 22 heavy (non-hydrogen) atoms. The van der Waals surface area contributed by atoms with E-state index in [1.165, 1.54) is 0 Å². The summed E-state index contributed by atoms with van der Waals surface area (Å²) in [6.45, 7) is 2.99. The number of halogens is 2. The van der Waals surface area contributed by atoms with Crippen LogP contribution in [0.1, 0.15) is 16.9 Å². The first kappa shape index (κ1) is 18.5. The molecule has 0 fully saturated rings. The number of rotatable bonds is 5. The van der Waals surface area contributed by atoms with Crippen LogP contribution in [0.5, 0.6) is 0 Å². The Kier molecular flexibility index (Phi) is 7.94. The van der Waals surface area contributed by atoms with E-state index in [4.69, 9.17) is 4.42 Å². The summed E-state index contributed by atoms with van der Waals surface area (Å²) in [5, 5.41) is 6.34. The Morgan fingerprint density at radius 2 is 2.09 bits per heavy atom. The first-order valence-corrected chi connectivity index (χ1v) is 6.91. The number of furan rings is 1. The standard InChI is InChI=1S/C16H20FN3O.HI/c1-12-5-6-13(10-15(12)17)11-20-16(18-2)19-8-7-14-4-3-9-21-14;/h3-6,9-10H,7-8,11H2,1-2H3,(H2,18,19,20);1H. The number of aryl methyl sites for hydroxylation is 1. The molecular weight excluding hydrogens is 396 g/mol. The summed E-state index contributed by atoms with van der Waals surface area (Å²) in [5.41, 5.74) is 1.53. The van der Waals surface area contributed by atoms with E-state index in [2.05, 4.69) is 15.6 Å². The smallest absolute Gasteiger partial charge is 0.191 e. The lowest BCUT2D eigenvalue weighted by Crippen LogP contribution is -2.37. The van der Waals surface area contributed by atoms with Gasteiger partial charge in [0.2, 0.25) is 0 Å². The summed E-state index contributed by atoms with van der Waals surface area (Å²) < 4.78 is 18.7. The molecule has 6 heteroatoms. The lowest BCUT2D eigenvalue weighted by Gasteiger charge is -2.11. The Bertz CT molecular complexity index is 599. The Balaban J connectivity index is 0.00000242. The van der Waals surface area contributed by atoms with E-state index in [0.29, 0.717) is 18.1 Å². The first-order chi connectivity index (χ1) is 10.2. The van der Waals surface area contributed by atoms with Crippen molar-refractivity contribution in [3.63, 3.8) is 0 Å². The zero-order chi connectivity index (χ0) is 15.1. The predicted octanol–water partition coefficient (Wildman–Crippen LogP) is 3.25. The van der Waals surface area contributed by atoms with Crippen molar-refractivity contribution in [3.8, 4) is 0 Å². The van der Waals surface area contributed by atoms with E-state index in [0.717, 1.165) is 24.3 Å². The molecule has 0 aliphatic rings. The van der Waals surface area contributed by atoms with Crippen LogP contribution in [-0.4, -0.2) is 19.6 Å². The number of guanidine groups is 1. The van der Waals surface area contributed by atoms with Gasteiger partial charge >= 0.3 is 0 Å². The SMILES string of the molecule is CN=C(NCCc1ccco1)NCc1ccc(C)c(F)c1.I. The third-order valence-electron chi connectivity index (χ3n) is 3.16. The van der Waals surface area contributed by atoms with Crippen LogP contribution in [0.4, 0.5) is 4.39 Å². The summed E-state index contributed by atoms with van der Waals surface area (Å²) in [7, 11) is 1.71. The molecule has 0 aliphatic carbocycles. The molecule has 2 rings (SSSR count). The van der Waals surface area contributed by atoms with E-state index in [9.17, 15) is 4.39 Å². The van der Waals surface area contributed by atoms with E-state index in [1.54, 1.807) is 32.4 Å². The highest BCUT2D eigenvalue weighted by atomic mass is 127. The minimum atomic E-state index is -0.185. The van der Waals surface area contributed by atoms with Crippen molar-refractivity contribution in [3.05, 3.63) is 59.3 Å². The molecule has 0 bridgehead atoms. The average molecular weight is 417 g/mol. The Morgan fingerprint density at radius 3 is 2.73 bits per heavy atom. The second kappa shape index (κ2) is 9.45. The second-order valence-electron chi connectivity index (χ2n) is 4.77. The Morgan fingerprint density at radius 1 is 1.27 bits per heavy atom. The van der Waals surface area contributed by atoms with Crippen molar-refractivity contribution >= 4 is 29.9 Å². The molecule has 1 aromatic heterocycles. The maximum Gasteiger partial charge on any atom is 0.191 e. The van der Waals surface area contributed by atoms with Crippen LogP contribution >= 0.6 is 24.0 Å². The maximum absolute atomic E-state index is 13.5. The third kappa shape index (κ3) is 5.67. The van der Waals surface area contributed by atoms with Gasteiger partial charge in [-0.15, -0.1) is 24.0 Å². The van der Waals surface area contributed by atoms with Crippen LogP contribution in [0.3, 0.4) is 0 Å². The Labute approximate surface area is 147 Å².